The molecule has 1 heterocycles. The summed E-state index contributed by atoms with van der Waals surface area (Å²) < 4.78 is 0. The zero-order valence-electron chi connectivity index (χ0n) is 12.0. The normalized spacial score (nSPS) is 22.8. The Morgan fingerprint density at radius 1 is 1.52 bits per heavy atom. The topological polar surface area (TPSA) is 75.5 Å². The van der Waals surface area contributed by atoms with Gasteiger partial charge in [0.2, 0.25) is 0 Å². The summed E-state index contributed by atoms with van der Waals surface area (Å²) in [6.07, 6.45) is 1.66. The van der Waals surface area contributed by atoms with Gasteiger partial charge in [0, 0.05) is 29.7 Å². The molecule has 0 saturated carbocycles. The van der Waals surface area contributed by atoms with E-state index < -0.39 is 10.8 Å². The van der Waals surface area contributed by atoms with Crippen LogP contribution >= 0.6 is 11.6 Å². The van der Waals surface area contributed by atoms with Crippen molar-refractivity contribution in [3.8, 4) is 0 Å². The number of nitro groups is 1. The first kappa shape index (κ1) is 15.7. The Balaban J connectivity index is 2.13. The molecule has 21 heavy (non-hydrogen) atoms. The lowest BCUT2D eigenvalue weighted by atomic mass is 9.98. The number of hydrogen-bond acceptors (Lipinski definition) is 4. The lowest BCUT2D eigenvalue weighted by Gasteiger charge is -2.35. The van der Waals surface area contributed by atoms with Crippen LogP contribution in [0.25, 0.3) is 0 Å². The molecule has 0 spiro atoms. The molecule has 2 rings (SSSR count). The van der Waals surface area contributed by atoms with Crippen LogP contribution in [0.4, 0.5) is 5.69 Å². The Morgan fingerprint density at radius 2 is 2.24 bits per heavy atom. The van der Waals surface area contributed by atoms with Gasteiger partial charge in [-0.25, -0.2) is 0 Å². The number of carbonyl (C=O) groups excluding carboxylic acids is 1. The molecule has 6 nitrogen and oxygen atoms in total. The maximum atomic E-state index is 12.3. The molecular weight excluding hydrogens is 294 g/mol. The third kappa shape index (κ3) is 3.71. The van der Waals surface area contributed by atoms with E-state index in [0.29, 0.717) is 11.1 Å². The predicted molar refractivity (Wildman–Crippen MR) is 80.7 cm³/mol. The predicted octanol–water partition coefficient (Wildman–Crippen LogP) is 2.46. The number of nitrogens with zero attached hydrogens (tertiary/aromatic N) is 2. The van der Waals surface area contributed by atoms with Crippen molar-refractivity contribution in [2.24, 2.45) is 0 Å². The molecule has 1 saturated heterocycles. The summed E-state index contributed by atoms with van der Waals surface area (Å²) in [6.45, 7) is 2.99. The van der Waals surface area contributed by atoms with Crippen LogP contribution in [-0.2, 0) is 0 Å². The number of piperidine rings is 1. The lowest BCUT2D eigenvalue weighted by molar-refractivity contribution is -0.385. The molecule has 2 unspecified atom stereocenters. The minimum absolute atomic E-state index is 0.0130. The third-order valence-corrected chi connectivity index (χ3v) is 4.18. The molecule has 2 atom stereocenters. The van der Waals surface area contributed by atoms with Gasteiger partial charge in [0.15, 0.2) is 0 Å². The quantitative estimate of drug-likeness (QED) is 0.687. The summed E-state index contributed by atoms with van der Waals surface area (Å²) in [5.41, 5.74) is -0.211. The highest BCUT2D eigenvalue weighted by molar-refractivity contribution is 6.31. The van der Waals surface area contributed by atoms with Crippen molar-refractivity contribution >= 4 is 23.2 Å². The number of benzene rings is 1. The molecule has 1 aliphatic heterocycles. The summed E-state index contributed by atoms with van der Waals surface area (Å²) >= 11 is 5.84. The Labute approximate surface area is 128 Å². The van der Waals surface area contributed by atoms with Crippen molar-refractivity contribution in [1.82, 2.24) is 10.2 Å². The Kier molecular flexibility index (Phi) is 4.80. The van der Waals surface area contributed by atoms with E-state index in [1.807, 2.05) is 7.05 Å². The van der Waals surface area contributed by atoms with Crippen molar-refractivity contribution in [2.75, 3.05) is 13.6 Å². The van der Waals surface area contributed by atoms with Crippen LogP contribution in [0.2, 0.25) is 5.02 Å². The molecule has 0 radical (unpaired) electrons. The second kappa shape index (κ2) is 6.41. The molecule has 0 bridgehead atoms. The molecule has 0 aliphatic carbocycles. The molecule has 1 aliphatic rings. The van der Waals surface area contributed by atoms with E-state index in [9.17, 15) is 14.9 Å². The maximum absolute atomic E-state index is 12.3. The second-order valence-electron chi connectivity index (χ2n) is 5.44. The summed E-state index contributed by atoms with van der Waals surface area (Å²) in [4.78, 5) is 25.0. The molecular formula is C14H18ClN3O3. The average molecular weight is 312 g/mol. The number of rotatable bonds is 3. The highest BCUT2D eigenvalue weighted by atomic mass is 35.5. The number of amides is 1. The van der Waals surface area contributed by atoms with Crippen LogP contribution in [0.1, 0.15) is 30.1 Å². The zero-order valence-corrected chi connectivity index (χ0v) is 12.8. The maximum Gasteiger partial charge on any atom is 0.282 e. The van der Waals surface area contributed by atoms with E-state index in [-0.39, 0.29) is 17.3 Å². The highest BCUT2D eigenvalue weighted by Gasteiger charge is 2.27. The van der Waals surface area contributed by atoms with Gasteiger partial charge < -0.3 is 10.2 Å². The average Bonchev–Trinajstić information content (AvgIpc) is 2.42. The van der Waals surface area contributed by atoms with Crippen molar-refractivity contribution < 1.29 is 9.72 Å². The number of carbonyl (C=O) groups is 1. The SMILES string of the molecule is CC1CC(NC(=O)c2cc(Cl)ccc2[N+](=O)[O-])CCN1C. The van der Waals surface area contributed by atoms with E-state index in [2.05, 4.69) is 17.1 Å². The standard InChI is InChI=1S/C14H18ClN3O3/c1-9-7-11(5-6-17(9)2)16-14(19)12-8-10(15)3-4-13(12)18(20)21/h3-4,8-9,11H,5-7H2,1-2H3,(H,16,19). The fraction of sp³-hybridized carbons (Fsp3) is 0.500. The number of nitrogens with one attached hydrogen (secondary N) is 1. The second-order valence-corrected chi connectivity index (χ2v) is 5.88. The Bertz CT molecular complexity index is 564. The summed E-state index contributed by atoms with van der Waals surface area (Å²) in [5.74, 6) is -0.439. The molecule has 1 aromatic carbocycles. The molecule has 1 aromatic rings. The monoisotopic (exact) mass is 311 g/mol. The fourth-order valence-corrected chi connectivity index (χ4v) is 2.71. The Hall–Kier alpha value is -1.66. The summed E-state index contributed by atoms with van der Waals surface area (Å²) in [5, 5.41) is 14.2. The first-order chi connectivity index (χ1) is 9.88. The lowest BCUT2D eigenvalue weighted by Crippen LogP contribution is -2.47. The summed E-state index contributed by atoms with van der Waals surface area (Å²) in [6, 6.07) is 4.41. The van der Waals surface area contributed by atoms with Gasteiger partial charge in [-0.15, -0.1) is 0 Å². The number of hydrogen-bond donors (Lipinski definition) is 1. The molecule has 1 amide bonds. The smallest absolute Gasteiger partial charge is 0.282 e. The van der Waals surface area contributed by atoms with E-state index in [4.69, 9.17) is 11.6 Å². The van der Waals surface area contributed by atoms with Crippen LogP contribution in [0.5, 0.6) is 0 Å². The van der Waals surface area contributed by atoms with Crippen LogP contribution in [-0.4, -0.2) is 41.4 Å². The van der Waals surface area contributed by atoms with E-state index in [0.717, 1.165) is 19.4 Å². The minimum Gasteiger partial charge on any atom is -0.349 e. The fourth-order valence-electron chi connectivity index (χ4n) is 2.53. The van der Waals surface area contributed by atoms with E-state index in [1.54, 1.807) is 0 Å². The van der Waals surface area contributed by atoms with Gasteiger partial charge in [-0.1, -0.05) is 11.6 Å². The molecule has 0 aromatic heterocycles. The van der Waals surface area contributed by atoms with Crippen LogP contribution in [0.3, 0.4) is 0 Å². The Morgan fingerprint density at radius 3 is 2.86 bits per heavy atom. The highest BCUT2D eigenvalue weighted by Crippen LogP contribution is 2.23. The number of nitro benzene ring substituents is 1. The minimum atomic E-state index is -0.567. The molecule has 7 heteroatoms. The van der Waals surface area contributed by atoms with Crippen LogP contribution < -0.4 is 5.32 Å². The largest absolute Gasteiger partial charge is 0.349 e. The first-order valence-electron chi connectivity index (χ1n) is 6.83. The number of likely N-dealkylation sites (tertiary alicyclic amines) is 1. The molecule has 1 N–H and O–H groups in total. The van der Waals surface area contributed by atoms with Gasteiger partial charge in [0.25, 0.3) is 11.6 Å². The first-order valence-corrected chi connectivity index (χ1v) is 7.21. The van der Waals surface area contributed by atoms with E-state index >= 15 is 0 Å². The van der Waals surface area contributed by atoms with Crippen molar-refractivity contribution in [2.45, 2.75) is 31.8 Å². The van der Waals surface area contributed by atoms with Crippen molar-refractivity contribution in [3.05, 3.63) is 38.9 Å². The van der Waals surface area contributed by atoms with Gasteiger partial charge in [-0.2, -0.15) is 0 Å². The molecule has 114 valence electrons. The van der Waals surface area contributed by atoms with Crippen LogP contribution in [0.15, 0.2) is 18.2 Å². The van der Waals surface area contributed by atoms with Gasteiger partial charge in [-0.3, -0.25) is 14.9 Å². The zero-order chi connectivity index (χ0) is 15.6. The van der Waals surface area contributed by atoms with Gasteiger partial charge in [0.1, 0.15) is 5.56 Å². The van der Waals surface area contributed by atoms with Crippen molar-refractivity contribution in [3.63, 3.8) is 0 Å². The van der Waals surface area contributed by atoms with E-state index in [1.165, 1.54) is 18.2 Å². The van der Waals surface area contributed by atoms with Gasteiger partial charge >= 0.3 is 0 Å². The molecule has 1 fully saturated rings. The van der Waals surface area contributed by atoms with Crippen LogP contribution in [0, 0.1) is 10.1 Å². The van der Waals surface area contributed by atoms with Crippen molar-refractivity contribution in [1.29, 1.82) is 0 Å². The number of halogens is 1. The van der Waals surface area contributed by atoms with Gasteiger partial charge in [0.05, 0.1) is 4.92 Å². The summed E-state index contributed by atoms with van der Waals surface area (Å²) in [7, 11) is 2.05. The third-order valence-electron chi connectivity index (χ3n) is 3.94. The van der Waals surface area contributed by atoms with Gasteiger partial charge in [-0.05, 0) is 38.9 Å².